The number of aliphatic hydroxyl groups is 2. The predicted octanol–water partition coefficient (Wildman–Crippen LogP) is 6.47. The molecule has 3 aromatic carbocycles. The Bertz CT molecular complexity index is 1710. The van der Waals surface area contributed by atoms with Crippen LogP contribution in [-0.4, -0.2) is 51.4 Å². The van der Waals surface area contributed by atoms with Gasteiger partial charge in [-0.25, -0.2) is 4.90 Å². The van der Waals surface area contributed by atoms with Crippen molar-refractivity contribution in [1.29, 1.82) is 0 Å². The number of benzene rings is 3. The second kappa shape index (κ2) is 14.9. The number of fused-ring (bicyclic) bond motifs is 1. The molecule has 1 aliphatic heterocycles. The summed E-state index contributed by atoms with van der Waals surface area (Å²) in [7, 11) is 0. The number of anilines is 1. The van der Waals surface area contributed by atoms with Crippen LogP contribution in [0.15, 0.2) is 89.5 Å². The van der Waals surface area contributed by atoms with Crippen LogP contribution >= 0.6 is 11.6 Å². The third-order valence-corrected chi connectivity index (χ3v) is 9.18. The number of halogens is 1. The van der Waals surface area contributed by atoms with E-state index < -0.39 is 47.2 Å². The first-order valence-electron chi connectivity index (χ1n) is 15.6. The maximum absolute atomic E-state index is 13.9. The van der Waals surface area contributed by atoms with E-state index in [1.165, 1.54) is 30.3 Å². The molecule has 2 amide bonds. The molecule has 1 saturated heterocycles. The number of carbonyl (C=O) groups excluding carboxylic acids is 2. The van der Waals surface area contributed by atoms with E-state index in [9.17, 15) is 35.0 Å². The van der Waals surface area contributed by atoms with Gasteiger partial charge in [0.25, 0.3) is 5.69 Å². The maximum Gasteiger partial charge on any atom is 0.271 e. The summed E-state index contributed by atoms with van der Waals surface area (Å²) in [5.41, 5.74) is 2.71. The molecule has 47 heavy (non-hydrogen) atoms. The van der Waals surface area contributed by atoms with Crippen molar-refractivity contribution in [3.8, 4) is 11.5 Å². The number of carbonyl (C=O) groups is 2. The Morgan fingerprint density at radius 3 is 2.53 bits per heavy atom. The number of para-hydroxylation sites is 1. The van der Waals surface area contributed by atoms with Crippen molar-refractivity contribution >= 4 is 40.9 Å². The molecule has 3 N–H and O–H groups in total. The van der Waals surface area contributed by atoms with Crippen molar-refractivity contribution in [2.45, 2.75) is 45.1 Å². The lowest BCUT2D eigenvalue weighted by Crippen LogP contribution is -2.40. The summed E-state index contributed by atoms with van der Waals surface area (Å²) in [5, 5.41) is 44.1. The Morgan fingerprint density at radius 1 is 1.09 bits per heavy atom. The molecule has 4 atom stereocenters. The number of aliphatic hydroxyl groups excluding tert-OH is 2. The number of rotatable bonds is 13. The smallest absolute Gasteiger partial charge is 0.271 e. The molecule has 11 heteroatoms. The molecule has 246 valence electrons. The highest BCUT2D eigenvalue weighted by Gasteiger charge is 2.55. The number of amides is 2. The first-order chi connectivity index (χ1) is 22.6. The van der Waals surface area contributed by atoms with E-state index in [1.54, 1.807) is 24.3 Å². The molecule has 0 spiro atoms. The number of ether oxygens (including phenoxy) is 1. The fourth-order valence-corrected chi connectivity index (χ4v) is 6.93. The Hall–Kier alpha value is -4.51. The van der Waals surface area contributed by atoms with Crippen molar-refractivity contribution in [2.75, 3.05) is 18.1 Å². The van der Waals surface area contributed by atoms with Crippen LogP contribution in [0.3, 0.4) is 0 Å². The minimum atomic E-state index is -1.06. The van der Waals surface area contributed by atoms with E-state index in [2.05, 4.69) is 0 Å². The SMILES string of the molecule is CCC/C(=C\c1ccc(O)cc1Cl)CC[C@@H](O)C1=C(COc2ccccc2)C[C@H]2C(=O)N(c3cccc([N+](=O)[O-])c3)C(=O)[C@H]2[C@H]1CO. The molecule has 0 unspecified atom stereocenters. The standard InChI is InChI=1S/C36H37ClN2O8/c1-2-7-22(16-23-13-14-27(41)19-31(23)37)12-15-32(42)33-24(21-47-28-10-4-3-5-11-28)17-29-34(30(33)20-40)36(44)38(35(29)43)25-8-6-9-26(18-25)39(45)46/h3-6,8-11,13-14,16,18-19,29-30,32,34,40-42H,2,7,12,15,17,20-21H2,1H3/b22-16+/t29-,30+,32-,34-/m1/s1. The van der Waals surface area contributed by atoms with E-state index in [0.717, 1.165) is 28.9 Å². The number of nitro groups is 1. The van der Waals surface area contributed by atoms with Crippen LogP contribution in [-0.2, 0) is 9.59 Å². The van der Waals surface area contributed by atoms with E-state index in [-0.39, 0.29) is 36.6 Å². The van der Waals surface area contributed by atoms with Crippen LogP contribution < -0.4 is 9.64 Å². The highest BCUT2D eigenvalue weighted by Crippen LogP contribution is 2.47. The Kier molecular flexibility index (Phi) is 10.8. The normalized spacial score (nSPS) is 20.4. The Balaban J connectivity index is 1.47. The first-order valence-corrected chi connectivity index (χ1v) is 16.0. The summed E-state index contributed by atoms with van der Waals surface area (Å²) in [6.45, 7) is 1.59. The quantitative estimate of drug-likeness (QED) is 0.0817. The lowest BCUT2D eigenvalue weighted by molar-refractivity contribution is -0.384. The van der Waals surface area contributed by atoms with Gasteiger partial charge in [-0.15, -0.1) is 0 Å². The van der Waals surface area contributed by atoms with E-state index in [1.807, 2.05) is 31.2 Å². The molecular formula is C36H37ClN2O8. The molecular weight excluding hydrogens is 624 g/mol. The molecule has 0 saturated carbocycles. The molecule has 1 heterocycles. The highest BCUT2D eigenvalue weighted by atomic mass is 35.5. The lowest BCUT2D eigenvalue weighted by Gasteiger charge is -2.36. The number of hydrogen-bond donors (Lipinski definition) is 3. The number of phenolic OH excluding ortho intramolecular Hbond substituents is 1. The fraction of sp³-hybridized carbons (Fsp3) is 0.333. The first kappa shape index (κ1) is 33.8. The summed E-state index contributed by atoms with van der Waals surface area (Å²) in [5.74, 6) is -3.10. The number of aromatic hydroxyl groups is 1. The number of non-ortho nitro benzene ring substituents is 1. The lowest BCUT2D eigenvalue weighted by atomic mass is 9.68. The third kappa shape index (κ3) is 7.40. The minimum absolute atomic E-state index is 0.0369. The zero-order valence-electron chi connectivity index (χ0n) is 25.9. The molecule has 0 radical (unpaired) electrons. The van der Waals surface area contributed by atoms with Gasteiger partial charge in [-0.2, -0.15) is 0 Å². The van der Waals surface area contributed by atoms with Crippen molar-refractivity contribution in [1.82, 2.24) is 0 Å². The molecule has 0 aromatic heterocycles. The van der Waals surface area contributed by atoms with Crippen molar-refractivity contribution in [3.63, 3.8) is 0 Å². The Morgan fingerprint density at radius 2 is 1.85 bits per heavy atom. The van der Waals surface area contributed by atoms with Gasteiger partial charge in [-0.1, -0.05) is 60.9 Å². The highest BCUT2D eigenvalue weighted by molar-refractivity contribution is 6.32. The number of nitro benzene ring substituents is 1. The third-order valence-electron chi connectivity index (χ3n) is 8.85. The van der Waals surface area contributed by atoms with Crippen molar-refractivity contribution < 1.29 is 34.6 Å². The zero-order valence-corrected chi connectivity index (χ0v) is 26.7. The van der Waals surface area contributed by atoms with Gasteiger partial charge in [0.2, 0.25) is 11.8 Å². The largest absolute Gasteiger partial charge is 0.508 e. The van der Waals surface area contributed by atoms with Crippen LogP contribution in [0.2, 0.25) is 5.02 Å². The summed E-state index contributed by atoms with van der Waals surface area (Å²) in [6.07, 6.45) is 3.36. The van der Waals surface area contributed by atoms with Crippen LogP contribution in [0.25, 0.3) is 6.08 Å². The Labute approximate surface area is 277 Å². The second-order valence-electron chi connectivity index (χ2n) is 11.9. The van der Waals surface area contributed by atoms with Crippen LogP contribution in [0, 0.1) is 27.9 Å². The number of hydrogen-bond acceptors (Lipinski definition) is 8. The van der Waals surface area contributed by atoms with Gasteiger partial charge >= 0.3 is 0 Å². The zero-order chi connectivity index (χ0) is 33.7. The number of phenols is 1. The van der Waals surface area contributed by atoms with Crippen molar-refractivity contribution in [2.24, 2.45) is 17.8 Å². The topological polar surface area (TPSA) is 150 Å². The molecule has 2 aliphatic rings. The van der Waals surface area contributed by atoms with Crippen LogP contribution in [0.4, 0.5) is 11.4 Å². The van der Waals surface area contributed by atoms with Crippen LogP contribution in [0.1, 0.15) is 44.6 Å². The summed E-state index contributed by atoms with van der Waals surface area (Å²) < 4.78 is 6.07. The molecule has 1 aliphatic carbocycles. The number of nitrogens with zero attached hydrogens (tertiary/aromatic N) is 2. The summed E-state index contributed by atoms with van der Waals surface area (Å²) in [4.78, 5) is 39.5. The van der Waals surface area contributed by atoms with E-state index >= 15 is 0 Å². The van der Waals surface area contributed by atoms with Gasteiger partial charge in [0, 0.05) is 18.1 Å². The maximum atomic E-state index is 13.9. The van der Waals surface area contributed by atoms with Gasteiger partial charge in [0.05, 0.1) is 40.2 Å². The van der Waals surface area contributed by atoms with Crippen molar-refractivity contribution in [3.05, 3.63) is 110 Å². The molecule has 3 aromatic rings. The van der Waals surface area contributed by atoms with Gasteiger partial charge in [0.1, 0.15) is 18.1 Å². The van der Waals surface area contributed by atoms with E-state index in [0.29, 0.717) is 28.3 Å². The summed E-state index contributed by atoms with van der Waals surface area (Å²) in [6, 6.07) is 19.2. The fourth-order valence-electron chi connectivity index (χ4n) is 6.70. The molecule has 0 bridgehead atoms. The van der Waals surface area contributed by atoms with E-state index in [4.69, 9.17) is 16.3 Å². The van der Waals surface area contributed by atoms with Gasteiger partial charge in [0.15, 0.2) is 0 Å². The number of allylic oxidation sites excluding steroid dienone is 1. The van der Waals surface area contributed by atoms with Gasteiger partial charge in [-0.05, 0) is 78.8 Å². The molecule has 10 nitrogen and oxygen atoms in total. The predicted molar refractivity (Wildman–Crippen MR) is 178 cm³/mol. The second-order valence-corrected chi connectivity index (χ2v) is 12.3. The van der Waals surface area contributed by atoms with Gasteiger partial charge < -0.3 is 20.1 Å². The van der Waals surface area contributed by atoms with Gasteiger partial charge in [-0.3, -0.25) is 19.7 Å². The molecule has 5 rings (SSSR count). The van der Waals surface area contributed by atoms with Crippen LogP contribution in [0.5, 0.6) is 11.5 Å². The summed E-state index contributed by atoms with van der Waals surface area (Å²) >= 11 is 6.36. The number of imide groups is 1. The monoisotopic (exact) mass is 660 g/mol. The minimum Gasteiger partial charge on any atom is -0.508 e. The molecule has 1 fully saturated rings. The average molecular weight is 661 g/mol. The average Bonchev–Trinajstić information content (AvgIpc) is 3.32.